The van der Waals surface area contributed by atoms with Gasteiger partial charge in [0, 0.05) is 17.9 Å². The van der Waals surface area contributed by atoms with E-state index in [1.165, 1.54) is 0 Å². The summed E-state index contributed by atoms with van der Waals surface area (Å²) in [6.45, 7) is 0. The van der Waals surface area contributed by atoms with E-state index < -0.39 is 0 Å². The van der Waals surface area contributed by atoms with Crippen molar-refractivity contribution in [2.75, 3.05) is 5.88 Å². The standard InChI is InChI=1S/C14H14Cl2O2/c15-9-11(16)10-5-1-3-7-13(10)18-14-8-4-2-6-12(14)17/h1-3,7,11,14H,4,6,8-9H2. The summed E-state index contributed by atoms with van der Waals surface area (Å²) in [4.78, 5) is 11.7. The first-order valence-electron chi connectivity index (χ1n) is 5.94. The van der Waals surface area contributed by atoms with Crippen LogP contribution in [0.4, 0.5) is 0 Å². The van der Waals surface area contributed by atoms with Crippen molar-refractivity contribution in [2.45, 2.75) is 30.7 Å². The van der Waals surface area contributed by atoms with E-state index in [-0.39, 0.29) is 23.1 Å². The molecule has 96 valence electrons. The number of carbonyl (C=O) groups is 1. The number of benzene rings is 1. The Morgan fingerprint density at radius 1 is 1.56 bits per heavy atom. The second kappa shape index (κ2) is 6.44. The molecule has 0 aromatic heterocycles. The van der Waals surface area contributed by atoms with Crippen LogP contribution in [0, 0.1) is 12.5 Å². The molecule has 1 saturated carbocycles. The molecule has 0 N–H and O–H groups in total. The van der Waals surface area contributed by atoms with Crippen LogP contribution in [0.5, 0.6) is 5.75 Å². The third-order valence-corrected chi connectivity index (χ3v) is 3.74. The van der Waals surface area contributed by atoms with E-state index in [9.17, 15) is 4.79 Å². The average molecular weight is 285 g/mol. The minimum Gasteiger partial charge on any atom is -0.482 e. The largest absolute Gasteiger partial charge is 0.482 e. The summed E-state index contributed by atoms with van der Waals surface area (Å²) in [5.41, 5.74) is 0.719. The zero-order valence-corrected chi connectivity index (χ0v) is 11.4. The lowest BCUT2D eigenvalue weighted by Crippen LogP contribution is -2.30. The van der Waals surface area contributed by atoms with Crippen molar-refractivity contribution in [3.8, 4) is 5.75 Å². The average Bonchev–Trinajstić information content (AvgIpc) is 2.41. The summed E-state index contributed by atoms with van der Waals surface area (Å²) in [6.07, 6.45) is 3.73. The summed E-state index contributed by atoms with van der Waals surface area (Å²) in [5, 5.41) is -0.354. The van der Waals surface area contributed by atoms with Gasteiger partial charge in [-0.2, -0.15) is 0 Å². The number of ether oxygens (including phenoxy) is 1. The lowest BCUT2D eigenvalue weighted by molar-refractivity contribution is -0.126. The molecule has 0 saturated heterocycles. The number of ketones is 1. The normalized spacial score (nSPS) is 21.7. The molecule has 18 heavy (non-hydrogen) atoms. The Balaban J connectivity index is 2.15. The van der Waals surface area contributed by atoms with Crippen LogP contribution >= 0.6 is 23.2 Å². The van der Waals surface area contributed by atoms with Gasteiger partial charge in [0.2, 0.25) is 0 Å². The van der Waals surface area contributed by atoms with Gasteiger partial charge in [-0.05, 0) is 31.4 Å². The van der Waals surface area contributed by atoms with Crippen LogP contribution in [0.15, 0.2) is 18.2 Å². The lowest BCUT2D eigenvalue weighted by atomic mass is 9.96. The molecule has 1 aromatic carbocycles. The van der Waals surface area contributed by atoms with E-state index in [1.807, 2.05) is 12.5 Å². The number of Topliss-reactive ketones (excluding diaryl/α,β-unsaturated/α-hetero) is 1. The van der Waals surface area contributed by atoms with Crippen molar-refractivity contribution < 1.29 is 9.53 Å². The molecule has 1 aliphatic rings. The summed E-state index contributed by atoms with van der Waals surface area (Å²) >= 11 is 11.9. The van der Waals surface area contributed by atoms with Crippen LogP contribution in [0.3, 0.4) is 0 Å². The molecule has 2 rings (SSSR count). The Morgan fingerprint density at radius 3 is 3.11 bits per heavy atom. The lowest BCUT2D eigenvalue weighted by Gasteiger charge is -2.23. The molecule has 2 unspecified atom stereocenters. The Labute approximate surface area is 117 Å². The second-order valence-electron chi connectivity index (χ2n) is 4.21. The van der Waals surface area contributed by atoms with E-state index >= 15 is 0 Å². The number of hydrogen-bond donors (Lipinski definition) is 0. The summed E-state index contributed by atoms with van der Waals surface area (Å²) < 4.78 is 5.78. The zero-order chi connectivity index (χ0) is 13.0. The molecule has 4 heteroatoms. The van der Waals surface area contributed by atoms with E-state index in [2.05, 4.69) is 6.07 Å². The van der Waals surface area contributed by atoms with Crippen LogP contribution in [0.1, 0.15) is 30.2 Å². The molecular weight excluding hydrogens is 271 g/mol. The van der Waals surface area contributed by atoms with Crippen LogP contribution in [0.25, 0.3) is 0 Å². The third kappa shape index (κ3) is 3.18. The molecule has 1 aromatic rings. The topological polar surface area (TPSA) is 26.3 Å². The minimum absolute atomic E-state index is 0.119. The van der Waals surface area contributed by atoms with Gasteiger partial charge in [0.1, 0.15) is 5.75 Å². The number of rotatable bonds is 4. The quantitative estimate of drug-likeness (QED) is 0.788. The zero-order valence-electron chi connectivity index (χ0n) is 9.86. The maximum Gasteiger partial charge on any atom is 0.173 e. The highest BCUT2D eigenvalue weighted by Gasteiger charge is 2.25. The first-order valence-corrected chi connectivity index (χ1v) is 6.91. The van der Waals surface area contributed by atoms with Gasteiger partial charge >= 0.3 is 0 Å². The van der Waals surface area contributed by atoms with E-state index in [0.29, 0.717) is 12.2 Å². The maximum absolute atomic E-state index is 11.7. The smallest absolute Gasteiger partial charge is 0.173 e. The van der Waals surface area contributed by atoms with Crippen molar-refractivity contribution in [1.82, 2.24) is 0 Å². The fourth-order valence-electron chi connectivity index (χ4n) is 1.94. The first kappa shape index (κ1) is 13.7. The van der Waals surface area contributed by atoms with E-state index in [1.54, 1.807) is 12.1 Å². The molecule has 2 nitrogen and oxygen atoms in total. The van der Waals surface area contributed by atoms with Crippen molar-refractivity contribution in [3.63, 3.8) is 0 Å². The molecule has 0 bridgehead atoms. The predicted octanol–water partition coefficient (Wildman–Crippen LogP) is 3.71. The molecule has 0 heterocycles. The predicted molar refractivity (Wildman–Crippen MR) is 72.2 cm³/mol. The summed E-state index contributed by atoms with van der Waals surface area (Å²) in [7, 11) is 0. The molecular formula is C14H14Cl2O2. The van der Waals surface area contributed by atoms with Crippen LogP contribution in [-0.2, 0) is 4.79 Å². The number of alkyl halides is 2. The first-order chi connectivity index (χ1) is 8.72. The van der Waals surface area contributed by atoms with Crippen molar-refractivity contribution in [2.24, 2.45) is 0 Å². The highest BCUT2D eigenvalue weighted by atomic mass is 35.5. The fourth-order valence-corrected chi connectivity index (χ4v) is 2.27. The minimum atomic E-state index is -0.372. The monoisotopic (exact) mass is 284 g/mol. The van der Waals surface area contributed by atoms with Crippen molar-refractivity contribution in [3.05, 3.63) is 36.2 Å². The van der Waals surface area contributed by atoms with Crippen molar-refractivity contribution in [1.29, 1.82) is 0 Å². The van der Waals surface area contributed by atoms with Gasteiger partial charge in [0.15, 0.2) is 11.9 Å². The van der Waals surface area contributed by atoms with Crippen molar-refractivity contribution >= 4 is 29.0 Å². The maximum atomic E-state index is 11.7. The highest BCUT2D eigenvalue weighted by Crippen LogP contribution is 2.32. The van der Waals surface area contributed by atoms with Gasteiger partial charge in [-0.1, -0.05) is 12.1 Å². The van der Waals surface area contributed by atoms with E-state index in [4.69, 9.17) is 27.9 Å². The Kier molecular flexibility index (Phi) is 4.90. The van der Waals surface area contributed by atoms with E-state index in [0.717, 1.165) is 18.4 Å². The van der Waals surface area contributed by atoms with Gasteiger partial charge in [-0.15, -0.1) is 23.2 Å². The van der Waals surface area contributed by atoms with Crippen LogP contribution in [0.2, 0.25) is 0 Å². The Morgan fingerprint density at radius 2 is 2.39 bits per heavy atom. The molecule has 0 spiro atoms. The Bertz CT molecular complexity index is 420. The molecule has 2 atom stereocenters. The molecule has 1 fully saturated rings. The molecule has 0 aliphatic heterocycles. The summed E-state index contributed by atoms with van der Waals surface area (Å²) in [6, 6.07) is 8.42. The molecule has 0 amide bonds. The number of carbonyl (C=O) groups excluding carboxylic acids is 1. The third-order valence-electron chi connectivity index (χ3n) is 2.90. The van der Waals surface area contributed by atoms with Gasteiger partial charge in [0.05, 0.1) is 5.38 Å². The summed E-state index contributed by atoms with van der Waals surface area (Å²) in [5.74, 6) is 1.01. The number of hydrogen-bond acceptors (Lipinski definition) is 2. The number of halogens is 2. The SMILES string of the molecule is O=C1C[CH]CCC1Oc1ccc[c]c1C(Cl)CCl. The van der Waals surface area contributed by atoms with Gasteiger partial charge in [-0.3, -0.25) is 4.79 Å². The van der Waals surface area contributed by atoms with Gasteiger partial charge in [-0.25, -0.2) is 0 Å². The van der Waals surface area contributed by atoms with Gasteiger partial charge < -0.3 is 4.74 Å². The fraction of sp³-hybridized carbons (Fsp3) is 0.429. The highest BCUT2D eigenvalue weighted by molar-refractivity contribution is 6.28. The van der Waals surface area contributed by atoms with Crippen LogP contribution in [-0.4, -0.2) is 17.8 Å². The second-order valence-corrected chi connectivity index (χ2v) is 5.05. The van der Waals surface area contributed by atoms with Gasteiger partial charge in [0.25, 0.3) is 0 Å². The molecule has 1 aliphatic carbocycles. The molecule has 2 radical (unpaired) electrons. The Hall–Kier alpha value is -0.730. The van der Waals surface area contributed by atoms with Crippen LogP contribution < -0.4 is 4.74 Å².